The van der Waals surface area contributed by atoms with Gasteiger partial charge in [-0.15, -0.1) is 0 Å². The molecular formula is C13H16N4O. The number of benzene rings is 1. The van der Waals surface area contributed by atoms with E-state index in [0.29, 0.717) is 0 Å². The first-order chi connectivity index (χ1) is 8.61. The summed E-state index contributed by atoms with van der Waals surface area (Å²) in [5.74, 6) is 1.11. The summed E-state index contributed by atoms with van der Waals surface area (Å²) in [6.07, 6.45) is 3.74. The third-order valence-electron chi connectivity index (χ3n) is 3.01. The maximum Gasteiger partial charge on any atom is 0.170 e. The Labute approximate surface area is 106 Å². The number of aryl methyl sites for hydroxylation is 2. The highest BCUT2D eigenvalue weighted by molar-refractivity contribution is 5.97. The summed E-state index contributed by atoms with van der Waals surface area (Å²) in [6.45, 7) is 4.75. The van der Waals surface area contributed by atoms with Crippen LogP contribution in [0.25, 0.3) is 0 Å². The van der Waals surface area contributed by atoms with Gasteiger partial charge in [-0.25, -0.2) is 4.98 Å². The lowest BCUT2D eigenvalue weighted by atomic mass is 10.0. The molecule has 0 atom stereocenters. The zero-order valence-electron chi connectivity index (χ0n) is 10.5. The fourth-order valence-corrected chi connectivity index (χ4v) is 1.84. The molecule has 3 N–H and O–H groups in total. The molecule has 0 spiro atoms. The molecule has 0 aliphatic rings. The van der Waals surface area contributed by atoms with Crippen LogP contribution in [0.3, 0.4) is 0 Å². The Kier molecular flexibility index (Phi) is 3.32. The SMILES string of the molecule is Cc1cc(/C(N)=N/O)ccc1Cn1ccnc1C. The van der Waals surface area contributed by atoms with Crippen LogP contribution in [0.4, 0.5) is 0 Å². The van der Waals surface area contributed by atoms with Crippen LogP contribution in [0.5, 0.6) is 0 Å². The Hall–Kier alpha value is -2.30. The normalized spacial score (nSPS) is 11.8. The first-order valence-electron chi connectivity index (χ1n) is 5.67. The lowest BCUT2D eigenvalue weighted by Crippen LogP contribution is -2.13. The van der Waals surface area contributed by atoms with Gasteiger partial charge in [0.1, 0.15) is 5.82 Å². The molecule has 1 aromatic carbocycles. The van der Waals surface area contributed by atoms with Gasteiger partial charge >= 0.3 is 0 Å². The second kappa shape index (κ2) is 4.91. The van der Waals surface area contributed by atoms with E-state index in [1.807, 2.05) is 38.2 Å². The third kappa shape index (κ3) is 2.34. The molecule has 5 nitrogen and oxygen atoms in total. The van der Waals surface area contributed by atoms with Crippen molar-refractivity contribution in [2.75, 3.05) is 0 Å². The van der Waals surface area contributed by atoms with E-state index in [1.165, 1.54) is 5.56 Å². The third-order valence-corrected chi connectivity index (χ3v) is 3.01. The van der Waals surface area contributed by atoms with E-state index in [1.54, 1.807) is 6.20 Å². The van der Waals surface area contributed by atoms with Gasteiger partial charge in [-0.3, -0.25) is 0 Å². The van der Waals surface area contributed by atoms with Crippen molar-refractivity contribution in [1.29, 1.82) is 0 Å². The Morgan fingerprint density at radius 1 is 1.44 bits per heavy atom. The van der Waals surface area contributed by atoms with Crippen LogP contribution >= 0.6 is 0 Å². The molecule has 1 aromatic heterocycles. The molecule has 0 unspecified atom stereocenters. The minimum absolute atomic E-state index is 0.128. The van der Waals surface area contributed by atoms with Crippen molar-refractivity contribution in [3.05, 3.63) is 53.1 Å². The molecule has 0 saturated heterocycles. The maximum atomic E-state index is 8.64. The molecule has 2 rings (SSSR count). The van der Waals surface area contributed by atoms with Crippen LogP contribution in [0.15, 0.2) is 35.7 Å². The number of rotatable bonds is 3. The van der Waals surface area contributed by atoms with Gasteiger partial charge in [0.05, 0.1) is 0 Å². The molecule has 94 valence electrons. The first-order valence-corrected chi connectivity index (χ1v) is 5.67. The zero-order chi connectivity index (χ0) is 13.1. The molecule has 1 heterocycles. The Morgan fingerprint density at radius 3 is 2.78 bits per heavy atom. The highest BCUT2D eigenvalue weighted by Gasteiger charge is 2.05. The highest BCUT2D eigenvalue weighted by Crippen LogP contribution is 2.13. The van der Waals surface area contributed by atoms with Crippen molar-refractivity contribution in [2.45, 2.75) is 20.4 Å². The number of nitrogens with zero attached hydrogens (tertiary/aromatic N) is 3. The molecule has 0 fully saturated rings. The average Bonchev–Trinajstić information content (AvgIpc) is 2.76. The Bertz CT molecular complexity index is 586. The van der Waals surface area contributed by atoms with Gasteiger partial charge in [-0.2, -0.15) is 0 Å². The van der Waals surface area contributed by atoms with E-state index in [0.717, 1.165) is 23.5 Å². The van der Waals surface area contributed by atoms with Gasteiger partial charge in [0, 0.05) is 24.5 Å². The van der Waals surface area contributed by atoms with Crippen molar-refractivity contribution >= 4 is 5.84 Å². The Morgan fingerprint density at radius 2 is 2.22 bits per heavy atom. The van der Waals surface area contributed by atoms with Crippen molar-refractivity contribution in [2.24, 2.45) is 10.9 Å². The van der Waals surface area contributed by atoms with Gasteiger partial charge < -0.3 is 15.5 Å². The summed E-state index contributed by atoms with van der Waals surface area (Å²) in [6, 6.07) is 5.75. The lowest BCUT2D eigenvalue weighted by Gasteiger charge is -2.10. The van der Waals surface area contributed by atoms with E-state index in [2.05, 4.69) is 14.7 Å². The van der Waals surface area contributed by atoms with Gasteiger partial charge in [0.25, 0.3) is 0 Å². The molecule has 5 heteroatoms. The standard InChI is InChI=1S/C13H16N4O/c1-9-7-11(13(14)16-18)3-4-12(9)8-17-6-5-15-10(17)2/h3-7,18H,8H2,1-2H3,(H2,14,16). The van der Waals surface area contributed by atoms with Crippen LogP contribution in [-0.4, -0.2) is 20.6 Å². The van der Waals surface area contributed by atoms with E-state index in [9.17, 15) is 0 Å². The smallest absolute Gasteiger partial charge is 0.170 e. The van der Waals surface area contributed by atoms with Crippen molar-refractivity contribution < 1.29 is 5.21 Å². The predicted molar refractivity (Wildman–Crippen MR) is 69.8 cm³/mol. The number of hydrogen-bond donors (Lipinski definition) is 2. The van der Waals surface area contributed by atoms with Crippen LogP contribution in [0, 0.1) is 13.8 Å². The quantitative estimate of drug-likeness (QED) is 0.373. The summed E-state index contributed by atoms with van der Waals surface area (Å²) < 4.78 is 2.07. The predicted octanol–water partition coefficient (Wildman–Crippen LogP) is 1.64. The summed E-state index contributed by atoms with van der Waals surface area (Å²) in [4.78, 5) is 4.19. The molecular weight excluding hydrogens is 228 g/mol. The molecule has 0 amide bonds. The first kappa shape index (κ1) is 12.2. The van der Waals surface area contributed by atoms with E-state index in [-0.39, 0.29) is 5.84 Å². The summed E-state index contributed by atoms with van der Waals surface area (Å²) in [5, 5.41) is 11.6. The van der Waals surface area contributed by atoms with E-state index in [4.69, 9.17) is 10.9 Å². The highest BCUT2D eigenvalue weighted by atomic mass is 16.4. The molecule has 2 aromatic rings. The van der Waals surface area contributed by atoms with Crippen LogP contribution < -0.4 is 5.73 Å². The summed E-state index contributed by atoms with van der Waals surface area (Å²) in [7, 11) is 0. The number of imidazole rings is 1. The van der Waals surface area contributed by atoms with Crippen molar-refractivity contribution in [1.82, 2.24) is 9.55 Å². The van der Waals surface area contributed by atoms with E-state index < -0.39 is 0 Å². The minimum atomic E-state index is 0.128. The lowest BCUT2D eigenvalue weighted by molar-refractivity contribution is 0.318. The van der Waals surface area contributed by atoms with Gasteiger partial charge in [0.15, 0.2) is 5.84 Å². The number of aromatic nitrogens is 2. The van der Waals surface area contributed by atoms with Gasteiger partial charge in [-0.1, -0.05) is 17.3 Å². The van der Waals surface area contributed by atoms with Crippen molar-refractivity contribution in [3.63, 3.8) is 0 Å². The van der Waals surface area contributed by atoms with E-state index >= 15 is 0 Å². The van der Waals surface area contributed by atoms with Crippen molar-refractivity contribution in [3.8, 4) is 0 Å². The van der Waals surface area contributed by atoms with Crippen LogP contribution in [0.1, 0.15) is 22.5 Å². The Balaban J connectivity index is 2.28. The second-order valence-electron chi connectivity index (χ2n) is 4.23. The maximum absolute atomic E-state index is 8.64. The van der Waals surface area contributed by atoms with Gasteiger partial charge in [0.2, 0.25) is 0 Å². The van der Waals surface area contributed by atoms with Gasteiger partial charge in [-0.05, 0) is 31.0 Å². The fourth-order valence-electron chi connectivity index (χ4n) is 1.84. The topological polar surface area (TPSA) is 76.4 Å². The van der Waals surface area contributed by atoms with Crippen LogP contribution in [0.2, 0.25) is 0 Å². The fraction of sp³-hybridized carbons (Fsp3) is 0.231. The minimum Gasteiger partial charge on any atom is -0.409 e. The summed E-state index contributed by atoms with van der Waals surface area (Å²) in [5.41, 5.74) is 8.57. The number of oxime groups is 1. The zero-order valence-corrected chi connectivity index (χ0v) is 10.5. The second-order valence-corrected chi connectivity index (χ2v) is 4.23. The molecule has 0 bridgehead atoms. The number of nitrogens with two attached hydrogens (primary N) is 1. The number of amidine groups is 1. The molecule has 0 aliphatic heterocycles. The molecule has 0 aliphatic carbocycles. The summed E-state index contributed by atoms with van der Waals surface area (Å²) >= 11 is 0. The number of hydrogen-bond acceptors (Lipinski definition) is 3. The molecule has 0 saturated carbocycles. The van der Waals surface area contributed by atoms with Crippen LogP contribution in [-0.2, 0) is 6.54 Å². The monoisotopic (exact) mass is 244 g/mol. The largest absolute Gasteiger partial charge is 0.409 e. The average molecular weight is 244 g/mol. The molecule has 0 radical (unpaired) electrons. The molecule has 18 heavy (non-hydrogen) atoms.